The zero-order chi connectivity index (χ0) is 16.4. The molecular weight excluding hydrogens is 334 g/mol. The number of benzene rings is 2. The largest absolute Gasteiger partial charge is 0.399 e. The minimum absolute atomic E-state index is 0. The number of anilines is 1. The quantitative estimate of drug-likeness (QED) is 0.810. The van der Waals surface area contributed by atoms with E-state index in [0.717, 1.165) is 11.6 Å². The van der Waals surface area contributed by atoms with E-state index >= 15 is 0 Å². The standard InChI is InChI=1S/C18H18F2N2O.ClH/c19-16-3-1-2-13(17(16)20)14-10-15(14)18(23)22-9-8-11-4-6-12(21)7-5-11;/h1-7,14-15H,8-10,21H2,(H,22,23);1H. The summed E-state index contributed by atoms with van der Waals surface area (Å²) in [7, 11) is 0. The van der Waals surface area contributed by atoms with Crippen LogP contribution in [-0.2, 0) is 11.2 Å². The third-order valence-corrected chi connectivity index (χ3v) is 4.20. The molecule has 2 unspecified atom stereocenters. The molecule has 2 aromatic rings. The molecule has 1 fully saturated rings. The molecule has 0 bridgehead atoms. The summed E-state index contributed by atoms with van der Waals surface area (Å²) in [5, 5.41) is 2.86. The Labute approximate surface area is 145 Å². The molecule has 128 valence electrons. The number of nitrogens with two attached hydrogens (primary N) is 1. The molecule has 0 spiro atoms. The fraction of sp³-hybridized carbons (Fsp3) is 0.278. The Hall–Kier alpha value is -2.14. The van der Waals surface area contributed by atoms with Crippen molar-refractivity contribution >= 4 is 24.0 Å². The molecule has 0 radical (unpaired) electrons. The summed E-state index contributed by atoms with van der Waals surface area (Å²) in [4.78, 5) is 12.1. The highest BCUT2D eigenvalue weighted by Crippen LogP contribution is 2.48. The van der Waals surface area contributed by atoms with Crippen LogP contribution in [0.5, 0.6) is 0 Å². The smallest absolute Gasteiger partial charge is 0.223 e. The first kappa shape index (κ1) is 18.2. The number of nitrogen functional groups attached to an aromatic ring is 1. The Bertz CT molecular complexity index is 721. The first-order chi connectivity index (χ1) is 11.1. The van der Waals surface area contributed by atoms with Gasteiger partial charge in [0.25, 0.3) is 0 Å². The molecule has 0 aromatic heterocycles. The van der Waals surface area contributed by atoms with E-state index in [1.54, 1.807) is 6.07 Å². The van der Waals surface area contributed by atoms with Gasteiger partial charge in [-0.05, 0) is 48.1 Å². The van der Waals surface area contributed by atoms with E-state index in [0.29, 0.717) is 30.6 Å². The molecule has 1 saturated carbocycles. The van der Waals surface area contributed by atoms with Gasteiger partial charge in [-0.25, -0.2) is 8.78 Å². The molecule has 0 aliphatic heterocycles. The summed E-state index contributed by atoms with van der Waals surface area (Å²) in [6, 6.07) is 11.6. The molecule has 1 amide bonds. The Morgan fingerprint density at radius 2 is 1.88 bits per heavy atom. The third kappa shape index (κ3) is 4.03. The first-order valence-electron chi connectivity index (χ1n) is 7.62. The van der Waals surface area contributed by atoms with E-state index < -0.39 is 11.6 Å². The Kier molecular flexibility index (Phi) is 5.78. The van der Waals surface area contributed by atoms with Crippen LogP contribution in [-0.4, -0.2) is 12.5 Å². The molecule has 3 nitrogen and oxygen atoms in total. The number of hydrogen-bond acceptors (Lipinski definition) is 2. The predicted molar refractivity (Wildman–Crippen MR) is 92.0 cm³/mol. The summed E-state index contributed by atoms with van der Waals surface area (Å²) >= 11 is 0. The van der Waals surface area contributed by atoms with Gasteiger partial charge in [0.15, 0.2) is 11.6 Å². The van der Waals surface area contributed by atoms with Crippen molar-refractivity contribution in [1.82, 2.24) is 5.32 Å². The van der Waals surface area contributed by atoms with Crippen molar-refractivity contribution in [1.29, 1.82) is 0 Å². The van der Waals surface area contributed by atoms with Gasteiger partial charge in [0.05, 0.1) is 0 Å². The fourth-order valence-electron chi connectivity index (χ4n) is 2.78. The third-order valence-electron chi connectivity index (χ3n) is 4.20. The van der Waals surface area contributed by atoms with Crippen molar-refractivity contribution in [2.45, 2.75) is 18.8 Å². The van der Waals surface area contributed by atoms with Crippen LogP contribution in [0.3, 0.4) is 0 Å². The zero-order valence-electron chi connectivity index (χ0n) is 13.0. The van der Waals surface area contributed by atoms with Crippen molar-refractivity contribution < 1.29 is 13.6 Å². The van der Waals surface area contributed by atoms with Crippen LogP contribution in [0.25, 0.3) is 0 Å². The number of carbonyl (C=O) groups excluding carboxylic acids is 1. The van der Waals surface area contributed by atoms with E-state index in [4.69, 9.17) is 5.73 Å². The number of rotatable bonds is 5. The number of hydrogen-bond donors (Lipinski definition) is 2. The number of halogens is 3. The number of amides is 1. The maximum Gasteiger partial charge on any atom is 0.223 e. The normalized spacial score (nSPS) is 18.6. The van der Waals surface area contributed by atoms with Crippen LogP contribution in [0.4, 0.5) is 14.5 Å². The van der Waals surface area contributed by atoms with Gasteiger partial charge in [-0.1, -0.05) is 24.3 Å². The van der Waals surface area contributed by atoms with Gasteiger partial charge in [-0.2, -0.15) is 0 Å². The predicted octanol–water partition coefficient (Wildman–Crippen LogP) is 3.43. The second-order valence-electron chi connectivity index (χ2n) is 5.87. The average molecular weight is 353 g/mol. The molecule has 6 heteroatoms. The fourth-order valence-corrected chi connectivity index (χ4v) is 2.78. The molecule has 3 N–H and O–H groups in total. The van der Waals surface area contributed by atoms with Crippen LogP contribution in [0, 0.1) is 17.6 Å². The Morgan fingerprint density at radius 1 is 1.17 bits per heavy atom. The lowest BCUT2D eigenvalue weighted by Gasteiger charge is -2.06. The highest BCUT2D eigenvalue weighted by molar-refractivity contribution is 5.85. The summed E-state index contributed by atoms with van der Waals surface area (Å²) in [5.74, 6) is -2.29. The van der Waals surface area contributed by atoms with E-state index in [9.17, 15) is 13.6 Å². The average Bonchev–Trinajstić information content (AvgIpc) is 3.32. The van der Waals surface area contributed by atoms with Crippen LogP contribution in [0.15, 0.2) is 42.5 Å². The molecule has 1 aliphatic carbocycles. The van der Waals surface area contributed by atoms with Gasteiger partial charge >= 0.3 is 0 Å². The second kappa shape index (κ2) is 7.62. The molecule has 0 saturated heterocycles. The monoisotopic (exact) mass is 352 g/mol. The number of carbonyl (C=O) groups is 1. The molecule has 2 aromatic carbocycles. The topological polar surface area (TPSA) is 55.1 Å². The SMILES string of the molecule is Cl.Nc1ccc(CCNC(=O)C2CC2c2cccc(F)c2F)cc1. The molecule has 1 aliphatic rings. The summed E-state index contributed by atoms with van der Waals surface area (Å²) in [6.07, 6.45) is 1.27. The summed E-state index contributed by atoms with van der Waals surface area (Å²) in [6.45, 7) is 0.512. The van der Waals surface area contributed by atoms with E-state index in [2.05, 4.69) is 5.32 Å². The van der Waals surface area contributed by atoms with Gasteiger partial charge in [0.2, 0.25) is 5.91 Å². The molecule has 3 rings (SSSR count). The van der Waals surface area contributed by atoms with Crippen molar-refractivity contribution in [2.75, 3.05) is 12.3 Å². The van der Waals surface area contributed by atoms with Gasteiger partial charge < -0.3 is 11.1 Å². The highest BCUT2D eigenvalue weighted by Gasteiger charge is 2.45. The Balaban J connectivity index is 0.00000208. The van der Waals surface area contributed by atoms with E-state index in [-0.39, 0.29) is 30.2 Å². The van der Waals surface area contributed by atoms with Crippen LogP contribution < -0.4 is 11.1 Å². The van der Waals surface area contributed by atoms with Gasteiger partial charge in [-0.15, -0.1) is 12.4 Å². The number of nitrogens with one attached hydrogen (secondary N) is 1. The zero-order valence-corrected chi connectivity index (χ0v) is 13.8. The minimum atomic E-state index is -0.864. The lowest BCUT2D eigenvalue weighted by molar-refractivity contribution is -0.122. The van der Waals surface area contributed by atoms with Crippen LogP contribution in [0.1, 0.15) is 23.5 Å². The van der Waals surface area contributed by atoms with Crippen molar-refractivity contribution in [3.63, 3.8) is 0 Å². The van der Waals surface area contributed by atoms with E-state index in [1.165, 1.54) is 6.07 Å². The van der Waals surface area contributed by atoms with Gasteiger partial charge in [0, 0.05) is 18.2 Å². The lowest BCUT2D eigenvalue weighted by atomic mass is 10.1. The molecule has 2 atom stereocenters. The van der Waals surface area contributed by atoms with Crippen molar-refractivity contribution in [3.8, 4) is 0 Å². The molecule has 24 heavy (non-hydrogen) atoms. The van der Waals surface area contributed by atoms with Gasteiger partial charge in [-0.3, -0.25) is 4.79 Å². The van der Waals surface area contributed by atoms with E-state index in [1.807, 2.05) is 24.3 Å². The molecule has 0 heterocycles. The highest BCUT2D eigenvalue weighted by atomic mass is 35.5. The molecular formula is C18H19ClF2N2O. The second-order valence-corrected chi connectivity index (χ2v) is 5.87. The summed E-state index contributed by atoms with van der Waals surface area (Å²) in [5.41, 5.74) is 7.70. The Morgan fingerprint density at radius 3 is 2.58 bits per heavy atom. The van der Waals surface area contributed by atoms with Crippen molar-refractivity contribution in [3.05, 3.63) is 65.2 Å². The van der Waals surface area contributed by atoms with Gasteiger partial charge in [0.1, 0.15) is 0 Å². The van der Waals surface area contributed by atoms with Crippen LogP contribution >= 0.6 is 12.4 Å². The maximum atomic E-state index is 13.7. The van der Waals surface area contributed by atoms with Crippen LogP contribution in [0.2, 0.25) is 0 Å². The minimum Gasteiger partial charge on any atom is -0.399 e. The van der Waals surface area contributed by atoms with Crippen molar-refractivity contribution in [2.24, 2.45) is 5.92 Å². The maximum absolute atomic E-state index is 13.7. The summed E-state index contributed by atoms with van der Waals surface area (Å²) < 4.78 is 26.9. The lowest BCUT2D eigenvalue weighted by Crippen LogP contribution is -2.27. The first-order valence-corrected chi connectivity index (χ1v) is 7.62.